The lowest BCUT2D eigenvalue weighted by molar-refractivity contribution is 0.541. The molecule has 0 aliphatic rings. The van der Waals surface area contributed by atoms with Gasteiger partial charge in [-0.05, 0) is 0 Å². The molecule has 0 saturated heterocycles. The lowest BCUT2D eigenvalue weighted by atomic mass is 10.6. The number of nitrogens with zero attached hydrogens (tertiary/aromatic N) is 2. The highest BCUT2D eigenvalue weighted by Gasteiger charge is 1.97. The summed E-state index contributed by atoms with van der Waals surface area (Å²) < 4.78 is 12.0. The zero-order valence-electron chi connectivity index (χ0n) is 4.31. The first-order chi connectivity index (χ1) is 4.20. The number of halogens is 2. The standard InChI is InChI=1S/C4H3ClFN3/c5-2-1-8-4(6)9-3(2)7/h1H,(H2,7,8,9). The monoisotopic (exact) mass is 147 g/mol. The molecule has 1 aromatic heterocycles. The van der Waals surface area contributed by atoms with Crippen molar-refractivity contribution in [3.8, 4) is 0 Å². The van der Waals surface area contributed by atoms with Gasteiger partial charge in [-0.15, -0.1) is 0 Å². The quantitative estimate of drug-likeness (QED) is 0.554. The Bertz CT molecular complexity index is 227. The minimum absolute atomic E-state index is 0.0378. The molecular weight excluding hydrogens is 145 g/mol. The van der Waals surface area contributed by atoms with Crippen molar-refractivity contribution >= 4 is 17.4 Å². The van der Waals surface area contributed by atoms with Crippen LogP contribution in [0, 0.1) is 6.08 Å². The first-order valence-corrected chi connectivity index (χ1v) is 2.51. The van der Waals surface area contributed by atoms with Gasteiger partial charge in [0.05, 0.1) is 6.20 Å². The number of anilines is 1. The molecule has 0 amide bonds. The Hall–Kier alpha value is -0.900. The molecule has 3 nitrogen and oxygen atoms in total. The molecule has 0 aromatic carbocycles. The van der Waals surface area contributed by atoms with Crippen LogP contribution in [0.2, 0.25) is 5.02 Å². The van der Waals surface area contributed by atoms with E-state index in [1.165, 1.54) is 0 Å². The number of nitrogen functional groups attached to an aromatic ring is 1. The van der Waals surface area contributed by atoms with Crippen molar-refractivity contribution in [2.75, 3.05) is 5.73 Å². The van der Waals surface area contributed by atoms with Gasteiger partial charge in [0, 0.05) is 0 Å². The van der Waals surface area contributed by atoms with Gasteiger partial charge >= 0.3 is 6.08 Å². The van der Waals surface area contributed by atoms with E-state index in [9.17, 15) is 4.39 Å². The maximum atomic E-state index is 12.0. The lowest BCUT2D eigenvalue weighted by Gasteiger charge is -1.91. The van der Waals surface area contributed by atoms with E-state index in [1.54, 1.807) is 0 Å². The number of rotatable bonds is 0. The second kappa shape index (κ2) is 2.14. The molecule has 48 valence electrons. The molecule has 0 atom stereocenters. The topological polar surface area (TPSA) is 51.8 Å². The average Bonchev–Trinajstić information content (AvgIpc) is 1.80. The lowest BCUT2D eigenvalue weighted by Crippen LogP contribution is -1.95. The summed E-state index contributed by atoms with van der Waals surface area (Å²) in [4.78, 5) is 6.29. The molecule has 1 heterocycles. The number of nitrogens with two attached hydrogens (primary N) is 1. The van der Waals surface area contributed by atoms with Gasteiger partial charge in [0.25, 0.3) is 0 Å². The Kier molecular flexibility index (Phi) is 1.48. The Labute approximate surface area is 55.7 Å². The molecule has 0 radical (unpaired) electrons. The molecule has 9 heavy (non-hydrogen) atoms. The summed E-state index contributed by atoms with van der Waals surface area (Å²) in [5, 5.41) is 0.163. The van der Waals surface area contributed by atoms with E-state index >= 15 is 0 Å². The van der Waals surface area contributed by atoms with Gasteiger partial charge in [-0.1, -0.05) is 11.6 Å². The van der Waals surface area contributed by atoms with Gasteiger partial charge in [0.1, 0.15) is 10.8 Å². The maximum absolute atomic E-state index is 12.0. The average molecular weight is 148 g/mol. The predicted octanol–water partition coefficient (Wildman–Crippen LogP) is 0.851. The zero-order valence-corrected chi connectivity index (χ0v) is 5.06. The molecule has 1 aromatic rings. The van der Waals surface area contributed by atoms with Crippen LogP contribution in [0.5, 0.6) is 0 Å². The molecule has 0 saturated carbocycles. The smallest absolute Gasteiger partial charge is 0.310 e. The Morgan fingerprint density at radius 1 is 1.67 bits per heavy atom. The van der Waals surface area contributed by atoms with Gasteiger partial charge in [-0.25, -0.2) is 4.98 Å². The summed E-state index contributed by atoms with van der Waals surface area (Å²) >= 11 is 5.36. The van der Waals surface area contributed by atoms with Gasteiger partial charge in [0.2, 0.25) is 0 Å². The van der Waals surface area contributed by atoms with Crippen LogP contribution in [0.15, 0.2) is 6.20 Å². The highest BCUT2D eigenvalue weighted by atomic mass is 35.5. The third-order valence-electron chi connectivity index (χ3n) is 0.742. The molecule has 0 aliphatic heterocycles. The summed E-state index contributed by atoms with van der Waals surface area (Å²) in [7, 11) is 0. The largest absolute Gasteiger partial charge is 0.382 e. The summed E-state index contributed by atoms with van der Waals surface area (Å²) in [6.07, 6.45) is 0.246. The summed E-state index contributed by atoms with van der Waals surface area (Å²) in [6.45, 7) is 0. The summed E-state index contributed by atoms with van der Waals surface area (Å²) in [5.74, 6) is -0.0378. The van der Waals surface area contributed by atoms with Gasteiger partial charge in [-0.3, -0.25) is 0 Å². The molecule has 0 aliphatic carbocycles. The number of aromatic nitrogens is 2. The fraction of sp³-hybridized carbons (Fsp3) is 0. The normalized spacial score (nSPS) is 9.56. The Balaban J connectivity index is 3.17. The zero-order chi connectivity index (χ0) is 6.85. The first-order valence-electron chi connectivity index (χ1n) is 2.13. The fourth-order valence-corrected chi connectivity index (χ4v) is 0.449. The fourth-order valence-electron chi connectivity index (χ4n) is 0.358. The van der Waals surface area contributed by atoms with Crippen LogP contribution in [0.25, 0.3) is 0 Å². The summed E-state index contributed by atoms with van der Waals surface area (Å²) in [6, 6.07) is 0. The van der Waals surface area contributed by atoms with Crippen molar-refractivity contribution < 1.29 is 4.39 Å². The third-order valence-corrected chi connectivity index (χ3v) is 1.03. The van der Waals surface area contributed by atoms with E-state index in [-0.39, 0.29) is 10.8 Å². The highest BCUT2D eigenvalue weighted by Crippen LogP contribution is 2.12. The van der Waals surface area contributed by atoms with E-state index in [1.807, 2.05) is 0 Å². The van der Waals surface area contributed by atoms with Crippen molar-refractivity contribution in [2.24, 2.45) is 0 Å². The van der Waals surface area contributed by atoms with Crippen LogP contribution in [0.3, 0.4) is 0 Å². The third kappa shape index (κ3) is 1.26. The highest BCUT2D eigenvalue weighted by molar-refractivity contribution is 6.32. The van der Waals surface area contributed by atoms with Crippen molar-refractivity contribution in [1.82, 2.24) is 9.97 Å². The van der Waals surface area contributed by atoms with Crippen LogP contribution in [-0.4, -0.2) is 9.97 Å². The van der Waals surface area contributed by atoms with Crippen molar-refractivity contribution in [1.29, 1.82) is 0 Å². The van der Waals surface area contributed by atoms with Crippen molar-refractivity contribution in [3.05, 3.63) is 17.3 Å². The van der Waals surface area contributed by atoms with Crippen LogP contribution in [0.1, 0.15) is 0 Å². The molecule has 0 fully saturated rings. The van der Waals surface area contributed by atoms with Gasteiger partial charge in [0.15, 0.2) is 0 Å². The first kappa shape index (κ1) is 6.22. The van der Waals surface area contributed by atoms with E-state index in [0.717, 1.165) is 6.20 Å². The minimum Gasteiger partial charge on any atom is -0.382 e. The minimum atomic E-state index is -0.864. The van der Waals surface area contributed by atoms with Crippen LogP contribution < -0.4 is 5.73 Å². The van der Waals surface area contributed by atoms with Crippen LogP contribution in [-0.2, 0) is 0 Å². The van der Waals surface area contributed by atoms with Crippen LogP contribution in [0.4, 0.5) is 10.2 Å². The van der Waals surface area contributed by atoms with E-state index in [0.29, 0.717) is 0 Å². The molecule has 5 heteroatoms. The van der Waals surface area contributed by atoms with E-state index < -0.39 is 6.08 Å². The molecule has 1 rings (SSSR count). The van der Waals surface area contributed by atoms with Crippen molar-refractivity contribution in [2.45, 2.75) is 0 Å². The van der Waals surface area contributed by atoms with Crippen LogP contribution >= 0.6 is 11.6 Å². The van der Waals surface area contributed by atoms with E-state index in [4.69, 9.17) is 17.3 Å². The second-order valence-corrected chi connectivity index (χ2v) is 1.78. The summed E-state index contributed by atoms with van der Waals surface area (Å²) in [5.41, 5.74) is 5.10. The predicted molar refractivity (Wildman–Crippen MR) is 31.4 cm³/mol. The van der Waals surface area contributed by atoms with E-state index in [2.05, 4.69) is 9.97 Å². The molecular formula is C4H3ClFN3. The Morgan fingerprint density at radius 3 is 2.78 bits per heavy atom. The van der Waals surface area contributed by atoms with Gasteiger partial charge in [-0.2, -0.15) is 9.37 Å². The number of hydrogen-bond donors (Lipinski definition) is 1. The SMILES string of the molecule is Nc1nc(F)ncc1Cl. The van der Waals surface area contributed by atoms with Gasteiger partial charge < -0.3 is 5.73 Å². The maximum Gasteiger partial charge on any atom is 0.310 e. The molecule has 0 spiro atoms. The number of hydrogen-bond acceptors (Lipinski definition) is 3. The van der Waals surface area contributed by atoms with Crippen molar-refractivity contribution in [3.63, 3.8) is 0 Å². The Morgan fingerprint density at radius 2 is 2.33 bits per heavy atom. The molecule has 2 N–H and O–H groups in total. The molecule has 0 bridgehead atoms. The molecule has 0 unspecified atom stereocenters. The second-order valence-electron chi connectivity index (χ2n) is 1.37.